The highest BCUT2D eigenvalue weighted by Gasteiger charge is 2.06. The Balaban J connectivity index is 2.00. The molecule has 0 saturated carbocycles. The van der Waals surface area contributed by atoms with Gasteiger partial charge in [-0.3, -0.25) is 0 Å². The molecule has 4 heteroatoms. The molecule has 1 heterocycles. The summed E-state index contributed by atoms with van der Waals surface area (Å²) in [6.45, 7) is 2.40. The summed E-state index contributed by atoms with van der Waals surface area (Å²) in [7, 11) is 0. The first-order chi connectivity index (χ1) is 7.79. The normalized spacial score (nSPS) is 10.4. The predicted molar refractivity (Wildman–Crippen MR) is 63.5 cm³/mol. The Morgan fingerprint density at radius 3 is 2.69 bits per heavy atom. The number of aromatic nitrogens is 1. The van der Waals surface area contributed by atoms with Gasteiger partial charge in [0.2, 0.25) is 0 Å². The van der Waals surface area contributed by atoms with E-state index in [2.05, 4.69) is 4.98 Å². The molecule has 1 aromatic carbocycles. The summed E-state index contributed by atoms with van der Waals surface area (Å²) in [5, 5.41) is 9.91. The second-order valence-corrected chi connectivity index (χ2v) is 4.66. The molecule has 84 valence electrons. The van der Waals surface area contributed by atoms with Gasteiger partial charge in [-0.1, -0.05) is 18.2 Å². The lowest BCUT2D eigenvalue weighted by Crippen LogP contribution is -1.95. The number of aryl methyl sites for hydroxylation is 1. The van der Waals surface area contributed by atoms with Crippen molar-refractivity contribution in [3.05, 3.63) is 45.9 Å². The van der Waals surface area contributed by atoms with Gasteiger partial charge < -0.3 is 9.84 Å². The van der Waals surface area contributed by atoms with Crippen molar-refractivity contribution in [2.75, 3.05) is 0 Å². The van der Waals surface area contributed by atoms with Crippen LogP contribution in [0, 0.1) is 6.92 Å². The van der Waals surface area contributed by atoms with Gasteiger partial charge in [0.1, 0.15) is 17.4 Å². The number of nitrogens with zero attached hydrogens (tertiary/aromatic N) is 1. The highest BCUT2D eigenvalue weighted by molar-refractivity contribution is 7.11. The Morgan fingerprint density at radius 1 is 1.31 bits per heavy atom. The topological polar surface area (TPSA) is 42.4 Å². The molecule has 0 atom stereocenters. The number of hydrogen-bond acceptors (Lipinski definition) is 4. The quantitative estimate of drug-likeness (QED) is 0.885. The first kappa shape index (κ1) is 11.1. The number of benzene rings is 1. The Morgan fingerprint density at radius 2 is 2.06 bits per heavy atom. The van der Waals surface area contributed by atoms with Gasteiger partial charge in [-0.2, -0.15) is 0 Å². The van der Waals surface area contributed by atoms with Gasteiger partial charge in [-0.15, -0.1) is 11.3 Å². The van der Waals surface area contributed by atoms with E-state index < -0.39 is 0 Å². The fourth-order valence-electron chi connectivity index (χ4n) is 1.36. The zero-order chi connectivity index (χ0) is 11.4. The van der Waals surface area contributed by atoms with Crippen molar-refractivity contribution in [3.63, 3.8) is 0 Å². The van der Waals surface area contributed by atoms with Crippen molar-refractivity contribution in [1.82, 2.24) is 4.98 Å². The molecule has 3 nitrogen and oxygen atoms in total. The molecule has 0 saturated heterocycles. The van der Waals surface area contributed by atoms with E-state index in [-0.39, 0.29) is 6.61 Å². The minimum atomic E-state index is -0.00628. The Labute approximate surface area is 98.4 Å². The molecule has 0 radical (unpaired) electrons. The molecule has 1 N–H and O–H groups in total. The molecule has 0 aliphatic heterocycles. The smallest absolute Gasteiger partial charge is 0.140 e. The molecular formula is C12H13NO2S. The van der Waals surface area contributed by atoms with E-state index >= 15 is 0 Å². The molecule has 0 aliphatic rings. The number of para-hydroxylation sites is 1. The second-order valence-electron chi connectivity index (χ2n) is 3.37. The highest BCUT2D eigenvalue weighted by Crippen LogP contribution is 2.19. The summed E-state index contributed by atoms with van der Waals surface area (Å²) in [6.07, 6.45) is 0. The fourth-order valence-corrected chi connectivity index (χ4v) is 2.21. The lowest BCUT2D eigenvalue weighted by molar-refractivity contribution is 0.274. The molecular weight excluding hydrogens is 222 g/mol. The summed E-state index contributed by atoms with van der Waals surface area (Å²) < 4.78 is 5.57. The standard InChI is InChI=1S/C12H13NO2S/c1-9-11(7-14)13-12(16-9)8-15-10-5-3-2-4-6-10/h2-6,14H,7-8H2,1H3. The Bertz CT molecular complexity index is 453. The third-order valence-electron chi connectivity index (χ3n) is 2.19. The highest BCUT2D eigenvalue weighted by atomic mass is 32.1. The lowest BCUT2D eigenvalue weighted by atomic mass is 10.3. The molecule has 0 amide bonds. The maximum Gasteiger partial charge on any atom is 0.140 e. The number of aliphatic hydroxyl groups is 1. The third-order valence-corrected chi connectivity index (χ3v) is 3.18. The van der Waals surface area contributed by atoms with E-state index in [1.165, 1.54) is 0 Å². The SMILES string of the molecule is Cc1sc(COc2ccccc2)nc1CO. The van der Waals surface area contributed by atoms with Crippen molar-refractivity contribution in [1.29, 1.82) is 0 Å². The van der Waals surface area contributed by atoms with E-state index in [0.717, 1.165) is 21.3 Å². The van der Waals surface area contributed by atoms with E-state index in [9.17, 15) is 0 Å². The molecule has 0 bridgehead atoms. The number of ether oxygens (including phenoxy) is 1. The van der Waals surface area contributed by atoms with E-state index in [0.29, 0.717) is 6.61 Å². The summed E-state index contributed by atoms with van der Waals surface area (Å²) in [6, 6.07) is 9.63. The van der Waals surface area contributed by atoms with Crippen LogP contribution in [0.2, 0.25) is 0 Å². The molecule has 0 fully saturated rings. The molecule has 0 aliphatic carbocycles. The minimum absolute atomic E-state index is 0.00628. The van der Waals surface area contributed by atoms with Crippen LogP contribution in [0.15, 0.2) is 30.3 Å². The van der Waals surface area contributed by atoms with Crippen LogP contribution >= 0.6 is 11.3 Å². The number of aliphatic hydroxyl groups excluding tert-OH is 1. The van der Waals surface area contributed by atoms with Crippen molar-refractivity contribution in [2.45, 2.75) is 20.1 Å². The van der Waals surface area contributed by atoms with Crippen LogP contribution in [0.3, 0.4) is 0 Å². The molecule has 16 heavy (non-hydrogen) atoms. The Hall–Kier alpha value is -1.39. The summed E-state index contributed by atoms with van der Waals surface area (Å²) in [4.78, 5) is 5.34. The lowest BCUT2D eigenvalue weighted by Gasteiger charge is -2.02. The average Bonchev–Trinajstić information content (AvgIpc) is 2.69. The van der Waals surface area contributed by atoms with E-state index in [1.54, 1.807) is 11.3 Å². The summed E-state index contributed by atoms with van der Waals surface area (Å²) in [5.41, 5.74) is 0.747. The van der Waals surface area contributed by atoms with Gasteiger partial charge >= 0.3 is 0 Å². The second kappa shape index (κ2) is 5.09. The van der Waals surface area contributed by atoms with Gasteiger partial charge in [-0.25, -0.2) is 4.98 Å². The van der Waals surface area contributed by atoms with Crippen molar-refractivity contribution in [2.24, 2.45) is 0 Å². The fraction of sp³-hybridized carbons (Fsp3) is 0.250. The van der Waals surface area contributed by atoms with Crippen LogP contribution in [0.5, 0.6) is 5.75 Å². The van der Waals surface area contributed by atoms with Crippen LogP contribution in [0.1, 0.15) is 15.6 Å². The molecule has 1 aromatic heterocycles. The number of hydrogen-bond donors (Lipinski definition) is 1. The predicted octanol–water partition coefficient (Wildman–Crippen LogP) is 2.52. The van der Waals surface area contributed by atoms with E-state index in [4.69, 9.17) is 9.84 Å². The monoisotopic (exact) mass is 235 g/mol. The zero-order valence-corrected chi connectivity index (χ0v) is 9.83. The van der Waals surface area contributed by atoms with Gasteiger partial charge in [0, 0.05) is 4.88 Å². The van der Waals surface area contributed by atoms with Crippen molar-refractivity contribution < 1.29 is 9.84 Å². The number of rotatable bonds is 4. The van der Waals surface area contributed by atoms with E-state index in [1.807, 2.05) is 37.3 Å². The maximum absolute atomic E-state index is 9.02. The Kier molecular flexibility index (Phi) is 3.54. The maximum atomic E-state index is 9.02. The van der Waals surface area contributed by atoms with Crippen LogP contribution < -0.4 is 4.74 Å². The molecule has 0 spiro atoms. The summed E-state index contributed by atoms with van der Waals surface area (Å²) in [5.74, 6) is 0.834. The molecule has 2 rings (SSSR count). The van der Waals surface area contributed by atoms with Crippen LogP contribution in [-0.4, -0.2) is 10.1 Å². The minimum Gasteiger partial charge on any atom is -0.486 e. The average molecular weight is 235 g/mol. The van der Waals surface area contributed by atoms with Crippen LogP contribution in [-0.2, 0) is 13.2 Å². The summed E-state index contributed by atoms with van der Waals surface area (Å²) >= 11 is 1.56. The van der Waals surface area contributed by atoms with Gasteiger partial charge in [-0.05, 0) is 19.1 Å². The first-order valence-electron chi connectivity index (χ1n) is 5.03. The van der Waals surface area contributed by atoms with Gasteiger partial charge in [0.05, 0.1) is 12.3 Å². The van der Waals surface area contributed by atoms with Crippen molar-refractivity contribution in [3.8, 4) is 5.75 Å². The number of thiazole rings is 1. The van der Waals surface area contributed by atoms with Crippen LogP contribution in [0.4, 0.5) is 0 Å². The largest absolute Gasteiger partial charge is 0.486 e. The molecule has 2 aromatic rings. The zero-order valence-electron chi connectivity index (χ0n) is 9.01. The van der Waals surface area contributed by atoms with Gasteiger partial charge in [0.15, 0.2) is 0 Å². The first-order valence-corrected chi connectivity index (χ1v) is 5.85. The van der Waals surface area contributed by atoms with Crippen molar-refractivity contribution >= 4 is 11.3 Å². The molecule has 0 unspecified atom stereocenters. The third kappa shape index (κ3) is 2.59. The van der Waals surface area contributed by atoms with Gasteiger partial charge in [0.25, 0.3) is 0 Å². The van der Waals surface area contributed by atoms with Crippen LogP contribution in [0.25, 0.3) is 0 Å².